The minimum Gasteiger partial charge on any atom is -0.494 e. The molecule has 1 atom stereocenters. The molecule has 0 saturated carbocycles. The summed E-state index contributed by atoms with van der Waals surface area (Å²) in [6.45, 7) is 5.47. The molecule has 12 heteroatoms. The van der Waals surface area contributed by atoms with Crippen molar-refractivity contribution in [3.8, 4) is 17.2 Å². The van der Waals surface area contributed by atoms with Crippen molar-refractivity contribution in [1.29, 1.82) is 0 Å². The van der Waals surface area contributed by atoms with Gasteiger partial charge in [-0.05, 0) is 60.9 Å². The molecule has 0 radical (unpaired) electrons. The van der Waals surface area contributed by atoms with Crippen LogP contribution in [-0.2, 0) is 32.6 Å². The van der Waals surface area contributed by atoms with Crippen LogP contribution in [0, 0.1) is 11.7 Å². The second-order valence-electron chi connectivity index (χ2n) is 11.9. The van der Waals surface area contributed by atoms with E-state index in [-0.39, 0.29) is 40.8 Å². The van der Waals surface area contributed by atoms with Crippen molar-refractivity contribution in [2.45, 2.75) is 44.7 Å². The third-order valence-electron chi connectivity index (χ3n) is 7.91. The molecule has 0 aliphatic heterocycles. The molecular weight excluding hydrogens is 661 g/mol. The summed E-state index contributed by atoms with van der Waals surface area (Å²) < 4.78 is 61.2. The third kappa shape index (κ3) is 9.53. The van der Waals surface area contributed by atoms with Crippen LogP contribution in [0.4, 0.5) is 10.1 Å². The van der Waals surface area contributed by atoms with Gasteiger partial charge in [-0.1, -0.05) is 62.4 Å². The number of benzene rings is 4. The largest absolute Gasteiger partial charge is 0.494 e. The quantitative estimate of drug-likeness (QED) is 0.147. The first kappa shape index (κ1) is 37.7. The van der Waals surface area contributed by atoms with E-state index < -0.39 is 40.2 Å². The molecule has 50 heavy (non-hydrogen) atoms. The Morgan fingerprint density at radius 3 is 2.14 bits per heavy atom. The predicted molar refractivity (Wildman–Crippen MR) is 190 cm³/mol. The summed E-state index contributed by atoms with van der Waals surface area (Å²) in [4.78, 5) is 29.6. The molecule has 1 N–H and O–H groups in total. The summed E-state index contributed by atoms with van der Waals surface area (Å²) in [6, 6.07) is 24.5. The van der Waals surface area contributed by atoms with Gasteiger partial charge >= 0.3 is 0 Å². The molecule has 0 aromatic heterocycles. The van der Waals surface area contributed by atoms with Gasteiger partial charge in [-0.2, -0.15) is 0 Å². The van der Waals surface area contributed by atoms with Crippen LogP contribution in [0.15, 0.2) is 102 Å². The van der Waals surface area contributed by atoms with Gasteiger partial charge in [0.05, 0.1) is 31.4 Å². The fourth-order valence-corrected chi connectivity index (χ4v) is 6.73. The second-order valence-corrected chi connectivity index (χ2v) is 13.8. The van der Waals surface area contributed by atoms with Crippen LogP contribution >= 0.6 is 0 Å². The van der Waals surface area contributed by atoms with Crippen LogP contribution in [0.3, 0.4) is 0 Å². The number of anilines is 1. The molecule has 0 aliphatic rings. The number of nitrogens with zero attached hydrogens (tertiary/aromatic N) is 2. The molecule has 0 aliphatic carbocycles. The summed E-state index contributed by atoms with van der Waals surface area (Å²) in [7, 11) is -1.61. The highest BCUT2D eigenvalue weighted by Crippen LogP contribution is 2.33. The highest BCUT2D eigenvalue weighted by Gasteiger charge is 2.35. The van der Waals surface area contributed by atoms with Crippen molar-refractivity contribution >= 4 is 27.5 Å². The highest BCUT2D eigenvalue weighted by molar-refractivity contribution is 7.92. The fraction of sp³-hybridized carbons (Fsp3) is 0.316. The van der Waals surface area contributed by atoms with E-state index in [4.69, 9.17) is 14.2 Å². The van der Waals surface area contributed by atoms with Crippen LogP contribution < -0.4 is 23.8 Å². The maximum Gasteiger partial charge on any atom is 0.264 e. The molecule has 266 valence electrons. The zero-order chi connectivity index (χ0) is 36.3. The number of carbonyl (C=O) groups excluding carboxylic acids is 2. The van der Waals surface area contributed by atoms with Crippen LogP contribution in [0.5, 0.6) is 17.2 Å². The van der Waals surface area contributed by atoms with E-state index >= 15 is 4.39 Å². The first-order valence-corrected chi connectivity index (χ1v) is 17.7. The molecule has 2 amide bonds. The van der Waals surface area contributed by atoms with Gasteiger partial charge in [-0.15, -0.1) is 0 Å². The van der Waals surface area contributed by atoms with Crippen molar-refractivity contribution in [2.24, 2.45) is 5.92 Å². The molecule has 0 bridgehead atoms. The minimum absolute atomic E-state index is 0.108. The lowest BCUT2D eigenvalue weighted by molar-refractivity contribution is -0.140. The highest BCUT2D eigenvalue weighted by atomic mass is 32.2. The van der Waals surface area contributed by atoms with Gasteiger partial charge in [0.25, 0.3) is 10.0 Å². The van der Waals surface area contributed by atoms with Crippen LogP contribution in [0.25, 0.3) is 0 Å². The van der Waals surface area contributed by atoms with E-state index in [1.54, 1.807) is 18.2 Å². The Labute approximate surface area is 293 Å². The van der Waals surface area contributed by atoms with E-state index in [0.717, 1.165) is 9.87 Å². The van der Waals surface area contributed by atoms with Crippen molar-refractivity contribution in [3.05, 3.63) is 114 Å². The van der Waals surface area contributed by atoms with Crippen LogP contribution in [-0.4, -0.2) is 65.1 Å². The van der Waals surface area contributed by atoms with E-state index in [2.05, 4.69) is 5.32 Å². The smallest absolute Gasteiger partial charge is 0.264 e. The van der Waals surface area contributed by atoms with Gasteiger partial charge in [0.2, 0.25) is 11.8 Å². The SMILES string of the molecule is CCOc1ccc(N(CC(=O)N(Cc2ccccc2F)[C@H](Cc2ccccc2)C(=O)NCC(C)C)S(=O)(=O)c2ccc(OC)c(OC)c2)cc1. The Bertz CT molecular complexity index is 1840. The molecule has 4 aromatic rings. The van der Waals surface area contributed by atoms with E-state index in [0.29, 0.717) is 24.7 Å². The summed E-state index contributed by atoms with van der Waals surface area (Å²) in [5, 5.41) is 2.92. The number of ether oxygens (including phenoxy) is 3. The average Bonchev–Trinajstić information content (AvgIpc) is 3.12. The van der Waals surface area contributed by atoms with Crippen molar-refractivity contribution in [2.75, 3.05) is 38.2 Å². The first-order chi connectivity index (χ1) is 24.0. The van der Waals surface area contributed by atoms with E-state index in [1.807, 2.05) is 51.1 Å². The Kier molecular flexibility index (Phi) is 13.2. The average molecular weight is 706 g/mol. The van der Waals surface area contributed by atoms with Crippen molar-refractivity contribution < 1.29 is 36.6 Å². The summed E-state index contributed by atoms with van der Waals surface area (Å²) in [5.41, 5.74) is 1.11. The van der Waals surface area contributed by atoms with Crippen LogP contribution in [0.1, 0.15) is 31.9 Å². The molecule has 4 rings (SSSR count). The van der Waals surface area contributed by atoms with Crippen molar-refractivity contribution in [3.63, 3.8) is 0 Å². The van der Waals surface area contributed by atoms with Gasteiger partial charge in [0.1, 0.15) is 24.2 Å². The lowest BCUT2D eigenvalue weighted by Gasteiger charge is -2.34. The normalized spacial score (nSPS) is 11.8. The van der Waals surface area contributed by atoms with Crippen molar-refractivity contribution in [1.82, 2.24) is 10.2 Å². The molecule has 0 saturated heterocycles. The molecule has 0 fully saturated rings. The number of carbonyl (C=O) groups is 2. The molecule has 4 aromatic carbocycles. The molecular formula is C38H44FN3O7S. The van der Waals surface area contributed by atoms with Crippen LogP contribution in [0.2, 0.25) is 0 Å². The molecule has 0 unspecified atom stereocenters. The van der Waals surface area contributed by atoms with Gasteiger partial charge in [-0.25, -0.2) is 12.8 Å². The number of halogens is 1. The Hall–Kier alpha value is -5.10. The van der Waals surface area contributed by atoms with Gasteiger partial charge in [-0.3, -0.25) is 13.9 Å². The number of nitrogens with one attached hydrogen (secondary N) is 1. The van der Waals surface area contributed by atoms with Gasteiger partial charge < -0.3 is 24.4 Å². The second kappa shape index (κ2) is 17.5. The maximum atomic E-state index is 15.2. The predicted octanol–water partition coefficient (Wildman–Crippen LogP) is 5.85. The number of hydrogen-bond acceptors (Lipinski definition) is 7. The molecule has 0 spiro atoms. The fourth-order valence-electron chi connectivity index (χ4n) is 5.29. The lowest BCUT2D eigenvalue weighted by Crippen LogP contribution is -2.53. The Morgan fingerprint density at radius 2 is 1.52 bits per heavy atom. The number of hydrogen-bond donors (Lipinski definition) is 1. The third-order valence-corrected chi connectivity index (χ3v) is 9.68. The minimum atomic E-state index is -4.44. The van der Waals surface area contributed by atoms with E-state index in [9.17, 15) is 18.0 Å². The Morgan fingerprint density at radius 1 is 0.860 bits per heavy atom. The number of methoxy groups -OCH3 is 2. The zero-order valence-corrected chi connectivity index (χ0v) is 29.8. The zero-order valence-electron chi connectivity index (χ0n) is 29.0. The monoisotopic (exact) mass is 705 g/mol. The molecule has 0 heterocycles. The molecule has 10 nitrogen and oxygen atoms in total. The Balaban J connectivity index is 1.84. The number of rotatable bonds is 17. The number of amides is 2. The van der Waals surface area contributed by atoms with E-state index in [1.165, 1.54) is 67.7 Å². The van der Waals surface area contributed by atoms with Gasteiger partial charge in [0, 0.05) is 31.1 Å². The van der Waals surface area contributed by atoms with Gasteiger partial charge in [0.15, 0.2) is 11.5 Å². The number of sulfonamides is 1. The summed E-state index contributed by atoms with van der Waals surface area (Å²) >= 11 is 0. The summed E-state index contributed by atoms with van der Waals surface area (Å²) in [5.74, 6) is -0.590. The standard InChI is InChI=1S/C38H44FN3O7S/c1-6-49-31-18-16-30(17-19-31)42(50(45,46)32-20-21-35(47-4)36(23-32)48-5)26-37(43)41(25-29-14-10-11-15-33(29)39)34(38(44)40-24-27(2)3)22-28-12-8-7-9-13-28/h7-21,23,27,34H,6,22,24-26H2,1-5H3,(H,40,44)/t34-/m1/s1. The topological polar surface area (TPSA) is 114 Å². The first-order valence-electron chi connectivity index (χ1n) is 16.3. The summed E-state index contributed by atoms with van der Waals surface area (Å²) in [6.07, 6.45) is 0.108. The lowest BCUT2D eigenvalue weighted by atomic mass is 10.0. The maximum absolute atomic E-state index is 15.2.